The molecule has 0 aliphatic rings. The summed E-state index contributed by atoms with van der Waals surface area (Å²) in [6.07, 6.45) is 1.15. The van der Waals surface area contributed by atoms with Crippen LogP contribution in [-0.2, 0) is 6.54 Å². The summed E-state index contributed by atoms with van der Waals surface area (Å²) in [6.45, 7) is 5.24. The van der Waals surface area contributed by atoms with E-state index in [4.69, 9.17) is 4.74 Å². The van der Waals surface area contributed by atoms with E-state index in [9.17, 15) is 0 Å². The zero-order valence-corrected chi connectivity index (χ0v) is 9.21. The van der Waals surface area contributed by atoms with E-state index in [0.29, 0.717) is 6.04 Å². The fourth-order valence-corrected chi connectivity index (χ4v) is 1.28. The third-order valence-corrected chi connectivity index (χ3v) is 2.45. The van der Waals surface area contributed by atoms with Gasteiger partial charge in [0.1, 0.15) is 5.75 Å². The molecule has 1 aromatic carbocycles. The Bertz CT molecular complexity index is 273. The van der Waals surface area contributed by atoms with E-state index in [1.54, 1.807) is 7.11 Å². The monoisotopic (exact) mass is 193 g/mol. The quantitative estimate of drug-likeness (QED) is 0.776. The molecule has 1 aromatic rings. The number of hydrogen-bond acceptors (Lipinski definition) is 2. The highest BCUT2D eigenvalue weighted by molar-refractivity contribution is 5.32. The van der Waals surface area contributed by atoms with E-state index >= 15 is 0 Å². The average Bonchev–Trinajstić information content (AvgIpc) is 2.26. The van der Waals surface area contributed by atoms with Crippen LogP contribution < -0.4 is 10.1 Å². The molecule has 0 aromatic heterocycles. The van der Waals surface area contributed by atoms with E-state index in [1.807, 2.05) is 18.2 Å². The predicted molar refractivity (Wildman–Crippen MR) is 59.6 cm³/mol. The molecule has 0 spiro atoms. The number of nitrogens with one attached hydrogen (secondary N) is 1. The molecule has 0 bridgehead atoms. The van der Waals surface area contributed by atoms with Crippen molar-refractivity contribution in [2.75, 3.05) is 7.11 Å². The lowest BCUT2D eigenvalue weighted by Crippen LogP contribution is -2.24. The number of ether oxygens (including phenoxy) is 1. The molecule has 0 heterocycles. The van der Waals surface area contributed by atoms with Crippen LogP contribution in [0.1, 0.15) is 25.8 Å². The Kier molecular flexibility index (Phi) is 4.47. The van der Waals surface area contributed by atoms with Crippen molar-refractivity contribution in [2.45, 2.75) is 32.9 Å². The fourth-order valence-electron chi connectivity index (χ4n) is 1.28. The zero-order valence-electron chi connectivity index (χ0n) is 9.21. The molecule has 2 heteroatoms. The Morgan fingerprint density at radius 1 is 1.36 bits per heavy atom. The molecule has 1 atom stereocenters. The van der Waals surface area contributed by atoms with E-state index < -0.39 is 0 Å². The van der Waals surface area contributed by atoms with E-state index in [0.717, 1.165) is 18.7 Å². The molecule has 1 N–H and O–H groups in total. The van der Waals surface area contributed by atoms with Gasteiger partial charge in [-0.25, -0.2) is 0 Å². The molecule has 0 aliphatic carbocycles. The maximum atomic E-state index is 5.27. The number of hydrogen-bond donors (Lipinski definition) is 1. The highest BCUT2D eigenvalue weighted by Crippen LogP contribution is 2.16. The highest BCUT2D eigenvalue weighted by atomic mass is 16.5. The first kappa shape index (κ1) is 11.1. The maximum Gasteiger partial charge on any atom is 0.123 e. The summed E-state index contributed by atoms with van der Waals surface area (Å²) in [6, 6.07) is 8.67. The van der Waals surface area contributed by atoms with Gasteiger partial charge in [-0.15, -0.1) is 0 Å². The van der Waals surface area contributed by atoms with Crippen molar-refractivity contribution in [2.24, 2.45) is 0 Å². The van der Waals surface area contributed by atoms with Gasteiger partial charge in [-0.3, -0.25) is 0 Å². The minimum atomic E-state index is 0.555. The molecular formula is C12H19NO. The van der Waals surface area contributed by atoms with Gasteiger partial charge in [0.25, 0.3) is 0 Å². The van der Waals surface area contributed by atoms with Crippen LogP contribution in [0.5, 0.6) is 5.75 Å². The summed E-state index contributed by atoms with van der Waals surface area (Å²) in [7, 11) is 1.71. The first-order chi connectivity index (χ1) is 6.77. The smallest absolute Gasteiger partial charge is 0.123 e. The predicted octanol–water partition coefficient (Wildman–Crippen LogP) is 2.58. The lowest BCUT2D eigenvalue weighted by Gasteiger charge is -2.13. The van der Waals surface area contributed by atoms with Gasteiger partial charge < -0.3 is 10.1 Å². The van der Waals surface area contributed by atoms with Crippen molar-refractivity contribution < 1.29 is 4.74 Å². The third kappa shape index (κ3) is 3.04. The van der Waals surface area contributed by atoms with Gasteiger partial charge in [-0.2, -0.15) is 0 Å². The third-order valence-electron chi connectivity index (χ3n) is 2.45. The first-order valence-electron chi connectivity index (χ1n) is 5.13. The van der Waals surface area contributed by atoms with Crippen molar-refractivity contribution in [1.29, 1.82) is 0 Å². The van der Waals surface area contributed by atoms with Gasteiger partial charge in [-0.05, 0) is 19.4 Å². The maximum absolute atomic E-state index is 5.27. The molecule has 14 heavy (non-hydrogen) atoms. The lowest BCUT2D eigenvalue weighted by atomic mass is 10.2. The largest absolute Gasteiger partial charge is 0.496 e. The van der Waals surface area contributed by atoms with Crippen molar-refractivity contribution in [3.63, 3.8) is 0 Å². The van der Waals surface area contributed by atoms with Crippen molar-refractivity contribution in [3.8, 4) is 5.75 Å². The van der Waals surface area contributed by atoms with Crippen LogP contribution in [-0.4, -0.2) is 13.2 Å². The summed E-state index contributed by atoms with van der Waals surface area (Å²) in [5, 5.41) is 3.44. The van der Waals surface area contributed by atoms with Crippen LogP contribution in [0.15, 0.2) is 24.3 Å². The summed E-state index contributed by atoms with van der Waals surface area (Å²) in [5.74, 6) is 0.961. The Hall–Kier alpha value is -1.02. The number of rotatable bonds is 5. The molecule has 78 valence electrons. The van der Waals surface area contributed by atoms with Gasteiger partial charge in [0.05, 0.1) is 7.11 Å². The van der Waals surface area contributed by atoms with Gasteiger partial charge in [0.15, 0.2) is 0 Å². The fraction of sp³-hybridized carbons (Fsp3) is 0.500. The number of benzene rings is 1. The summed E-state index contributed by atoms with van der Waals surface area (Å²) in [5.41, 5.74) is 1.22. The molecule has 0 saturated heterocycles. The average molecular weight is 193 g/mol. The molecule has 0 amide bonds. The van der Waals surface area contributed by atoms with Crippen LogP contribution in [0.4, 0.5) is 0 Å². The molecule has 2 nitrogen and oxygen atoms in total. The van der Waals surface area contributed by atoms with Crippen LogP contribution in [0, 0.1) is 0 Å². The summed E-state index contributed by atoms with van der Waals surface area (Å²) in [4.78, 5) is 0. The van der Waals surface area contributed by atoms with E-state index in [2.05, 4.69) is 25.2 Å². The molecule has 1 unspecified atom stereocenters. The van der Waals surface area contributed by atoms with Crippen LogP contribution in [0.2, 0.25) is 0 Å². The van der Waals surface area contributed by atoms with Crippen molar-refractivity contribution >= 4 is 0 Å². The standard InChI is InChI=1S/C12H19NO/c1-4-10(2)13-9-11-7-5-6-8-12(11)14-3/h5-8,10,13H,4,9H2,1-3H3. The second kappa shape index (κ2) is 5.66. The normalized spacial score (nSPS) is 12.5. The van der Waals surface area contributed by atoms with Gasteiger partial charge in [0.2, 0.25) is 0 Å². The van der Waals surface area contributed by atoms with Crippen LogP contribution in [0.3, 0.4) is 0 Å². The van der Waals surface area contributed by atoms with Gasteiger partial charge >= 0.3 is 0 Å². The van der Waals surface area contributed by atoms with E-state index in [1.165, 1.54) is 5.56 Å². The molecular weight excluding hydrogens is 174 g/mol. The minimum Gasteiger partial charge on any atom is -0.496 e. The topological polar surface area (TPSA) is 21.3 Å². The minimum absolute atomic E-state index is 0.555. The highest BCUT2D eigenvalue weighted by Gasteiger charge is 2.02. The Labute approximate surface area is 86.3 Å². The Morgan fingerprint density at radius 3 is 2.71 bits per heavy atom. The van der Waals surface area contributed by atoms with Gasteiger partial charge in [0, 0.05) is 18.2 Å². The van der Waals surface area contributed by atoms with Gasteiger partial charge in [-0.1, -0.05) is 25.1 Å². The molecule has 0 saturated carbocycles. The second-order valence-electron chi connectivity index (χ2n) is 3.50. The summed E-state index contributed by atoms with van der Waals surface area (Å²) < 4.78 is 5.27. The first-order valence-corrected chi connectivity index (χ1v) is 5.13. The molecule has 0 radical (unpaired) electrons. The Balaban J connectivity index is 2.57. The lowest BCUT2D eigenvalue weighted by molar-refractivity contribution is 0.405. The SMILES string of the molecule is CCC(C)NCc1ccccc1OC. The van der Waals surface area contributed by atoms with Crippen LogP contribution >= 0.6 is 0 Å². The molecule has 0 fully saturated rings. The summed E-state index contributed by atoms with van der Waals surface area (Å²) >= 11 is 0. The van der Waals surface area contributed by atoms with Crippen molar-refractivity contribution in [1.82, 2.24) is 5.32 Å². The second-order valence-corrected chi connectivity index (χ2v) is 3.50. The van der Waals surface area contributed by atoms with E-state index in [-0.39, 0.29) is 0 Å². The molecule has 0 aliphatic heterocycles. The number of methoxy groups -OCH3 is 1. The van der Waals surface area contributed by atoms with Crippen LogP contribution in [0.25, 0.3) is 0 Å². The number of para-hydroxylation sites is 1. The zero-order chi connectivity index (χ0) is 10.4. The molecule has 1 rings (SSSR count). The van der Waals surface area contributed by atoms with Crippen molar-refractivity contribution in [3.05, 3.63) is 29.8 Å². The Morgan fingerprint density at radius 2 is 2.07 bits per heavy atom.